The second-order valence-corrected chi connectivity index (χ2v) is 4.31. The molecular weight excluding hydrogens is 232 g/mol. The number of carbonyl (C=O) groups is 2. The number of benzene rings is 1. The van der Waals surface area contributed by atoms with E-state index >= 15 is 0 Å². The Bertz CT molecular complexity index is 457. The summed E-state index contributed by atoms with van der Waals surface area (Å²) in [7, 11) is 0. The lowest BCUT2D eigenvalue weighted by atomic mass is 10.0. The van der Waals surface area contributed by atoms with Gasteiger partial charge in [0.25, 0.3) is 0 Å². The van der Waals surface area contributed by atoms with Crippen molar-refractivity contribution in [3.05, 3.63) is 29.8 Å². The Hall–Kier alpha value is -1.88. The Morgan fingerprint density at radius 3 is 2.50 bits per heavy atom. The van der Waals surface area contributed by atoms with Gasteiger partial charge in [-0.05, 0) is 12.5 Å². The standard InChI is InChI=1S/C13H16N2O3/c1-2-11(16)9-5-3-4-6-10(9)15-7-12(17)14-13(18)8-15/h3-6,11,16H,2,7-8H2,1H3,(H,14,17,18)/t11-/m1/s1. The molecule has 18 heavy (non-hydrogen) atoms. The van der Waals surface area contributed by atoms with E-state index in [1.54, 1.807) is 4.90 Å². The largest absolute Gasteiger partial charge is 0.388 e. The molecule has 1 aliphatic rings. The Morgan fingerprint density at radius 1 is 1.28 bits per heavy atom. The molecule has 5 nitrogen and oxygen atoms in total. The molecule has 2 N–H and O–H groups in total. The van der Waals surface area contributed by atoms with Crippen LogP contribution in [0, 0.1) is 0 Å². The molecule has 1 atom stereocenters. The third-order valence-corrected chi connectivity index (χ3v) is 2.97. The zero-order valence-electron chi connectivity index (χ0n) is 10.2. The first-order chi connectivity index (χ1) is 8.61. The van der Waals surface area contributed by atoms with Gasteiger partial charge < -0.3 is 10.0 Å². The molecule has 1 fully saturated rings. The number of anilines is 1. The van der Waals surface area contributed by atoms with E-state index in [1.165, 1.54) is 0 Å². The fourth-order valence-electron chi connectivity index (χ4n) is 2.08. The third-order valence-electron chi connectivity index (χ3n) is 2.97. The summed E-state index contributed by atoms with van der Waals surface area (Å²) in [5.74, 6) is -0.626. The van der Waals surface area contributed by atoms with Gasteiger partial charge in [-0.15, -0.1) is 0 Å². The third kappa shape index (κ3) is 2.51. The predicted molar refractivity (Wildman–Crippen MR) is 67.1 cm³/mol. The van der Waals surface area contributed by atoms with E-state index in [9.17, 15) is 14.7 Å². The first-order valence-corrected chi connectivity index (χ1v) is 5.96. The maximum absolute atomic E-state index is 11.4. The van der Waals surface area contributed by atoms with Crippen LogP contribution in [0.2, 0.25) is 0 Å². The Labute approximate surface area is 105 Å². The second-order valence-electron chi connectivity index (χ2n) is 4.31. The van der Waals surface area contributed by atoms with Crippen molar-refractivity contribution in [2.24, 2.45) is 0 Å². The highest BCUT2D eigenvalue weighted by Gasteiger charge is 2.25. The van der Waals surface area contributed by atoms with E-state index in [2.05, 4.69) is 5.32 Å². The highest BCUT2D eigenvalue weighted by molar-refractivity contribution is 6.02. The molecule has 1 aromatic rings. The van der Waals surface area contributed by atoms with Crippen molar-refractivity contribution in [1.29, 1.82) is 0 Å². The first-order valence-electron chi connectivity index (χ1n) is 5.96. The van der Waals surface area contributed by atoms with Gasteiger partial charge in [0.2, 0.25) is 11.8 Å². The molecule has 2 rings (SSSR count). The second kappa shape index (κ2) is 5.18. The molecule has 0 spiro atoms. The number of hydrogen-bond acceptors (Lipinski definition) is 4. The molecule has 1 aliphatic heterocycles. The van der Waals surface area contributed by atoms with Gasteiger partial charge in [0.05, 0.1) is 19.2 Å². The molecule has 0 unspecified atom stereocenters. The summed E-state index contributed by atoms with van der Waals surface area (Å²) < 4.78 is 0. The Kier molecular flexibility index (Phi) is 3.62. The number of nitrogens with zero attached hydrogens (tertiary/aromatic N) is 1. The summed E-state index contributed by atoms with van der Waals surface area (Å²) in [5.41, 5.74) is 1.50. The van der Waals surface area contributed by atoms with E-state index in [0.717, 1.165) is 11.3 Å². The molecule has 0 aromatic heterocycles. The topological polar surface area (TPSA) is 69.6 Å². The number of piperazine rings is 1. The van der Waals surface area contributed by atoms with Crippen molar-refractivity contribution < 1.29 is 14.7 Å². The molecule has 0 radical (unpaired) electrons. The van der Waals surface area contributed by atoms with Crippen molar-refractivity contribution in [1.82, 2.24) is 5.32 Å². The van der Waals surface area contributed by atoms with Crippen molar-refractivity contribution in [2.75, 3.05) is 18.0 Å². The molecular formula is C13H16N2O3. The maximum Gasteiger partial charge on any atom is 0.246 e. The SMILES string of the molecule is CC[C@@H](O)c1ccccc1N1CC(=O)NC(=O)C1. The number of imide groups is 1. The van der Waals surface area contributed by atoms with Gasteiger partial charge in [-0.2, -0.15) is 0 Å². The van der Waals surface area contributed by atoms with Crippen LogP contribution < -0.4 is 10.2 Å². The highest BCUT2D eigenvalue weighted by Crippen LogP contribution is 2.28. The number of para-hydroxylation sites is 1. The van der Waals surface area contributed by atoms with Gasteiger partial charge in [0.15, 0.2) is 0 Å². The van der Waals surface area contributed by atoms with Crippen LogP contribution in [0.4, 0.5) is 5.69 Å². The lowest BCUT2D eigenvalue weighted by Gasteiger charge is -2.30. The number of aliphatic hydroxyl groups excluding tert-OH is 1. The van der Waals surface area contributed by atoms with Gasteiger partial charge in [-0.25, -0.2) is 0 Å². The molecule has 5 heteroatoms. The monoisotopic (exact) mass is 248 g/mol. The van der Waals surface area contributed by atoms with Crippen LogP contribution in [0.25, 0.3) is 0 Å². The van der Waals surface area contributed by atoms with E-state index < -0.39 is 6.10 Å². The van der Waals surface area contributed by atoms with Gasteiger partial charge in [0.1, 0.15) is 0 Å². The zero-order chi connectivity index (χ0) is 13.1. The van der Waals surface area contributed by atoms with E-state index in [-0.39, 0.29) is 24.9 Å². The average molecular weight is 248 g/mol. The summed E-state index contributed by atoms with van der Waals surface area (Å²) in [6, 6.07) is 7.31. The van der Waals surface area contributed by atoms with Crippen molar-refractivity contribution >= 4 is 17.5 Å². The van der Waals surface area contributed by atoms with Crippen LogP contribution in [0.1, 0.15) is 25.0 Å². The molecule has 0 bridgehead atoms. The van der Waals surface area contributed by atoms with Crippen molar-refractivity contribution in [2.45, 2.75) is 19.4 Å². The van der Waals surface area contributed by atoms with Gasteiger partial charge in [-0.1, -0.05) is 25.1 Å². The molecule has 1 saturated heterocycles. The Balaban J connectivity index is 2.32. The number of nitrogens with one attached hydrogen (secondary N) is 1. The molecule has 0 saturated carbocycles. The number of aliphatic hydroxyl groups is 1. The van der Waals surface area contributed by atoms with Gasteiger partial charge in [0, 0.05) is 11.3 Å². The minimum Gasteiger partial charge on any atom is -0.388 e. The lowest BCUT2D eigenvalue weighted by molar-refractivity contribution is -0.130. The summed E-state index contributed by atoms with van der Waals surface area (Å²) in [6.45, 7) is 2.16. The fourth-order valence-corrected chi connectivity index (χ4v) is 2.08. The van der Waals surface area contributed by atoms with Crippen LogP contribution in [0.3, 0.4) is 0 Å². The van der Waals surface area contributed by atoms with Crippen molar-refractivity contribution in [3.8, 4) is 0 Å². The van der Waals surface area contributed by atoms with Crippen LogP contribution >= 0.6 is 0 Å². The molecule has 0 aliphatic carbocycles. The molecule has 96 valence electrons. The lowest BCUT2D eigenvalue weighted by Crippen LogP contribution is -2.51. The molecule has 2 amide bonds. The van der Waals surface area contributed by atoms with E-state index in [0.29, 0.717) is 6.42 Å². The smallest absolute Gasteiger partial charge is 0.246 e. The normalized spacial score (nSPS) is 17.6. The minimum atomic E-state index is -0.582. The quantitative estimate of drug-likeness (QED) is 0.768. The minimum absolute atomic E-state index is 0.138. The molecule has 1 aromatic carbocycles. The summed E-state index contributed by atoms with van der Waals surface area (Å²) in [5, 5.41) is 12.2. The summed E-state index contributed by atoms with van der Waals surface area (Å²) >= 11 is 0. The fraction of sp³-hybridized carbons (Fsp3) is 0.385. The highest BCUT2D eigenvalue weighted by atomic mass is 16.3. The summed E-state index contributed by atoms with van der Waals surface area (Å²) in [4.78, 5) is 24.4. The number of rotatable bonds is 3. The first kappa shape index (κ1) is 12.6. The molecule has 1 heterocycles. The van der Waals surface area contributed by atoms with Gasteiger partial charge >= 0.3 is 0 Å². The van der Waals surface area contributed by atoms with Crippen LogP contribution in [0.15, 0.2) is 24.3 Å². The van der Waals surface area contributed by atoms with Crippen molar-refractivity contribution in [3.63, 3.8) is 0 Å². The van der Waals surface area contributed by atoms with E-state index in [4.69, 9.17) is 0 Å². The van der Waals surface area contributed by atoms with E-state index in [1.807, 2.05) is 31.2 Å². The van der Waals surface area contributed by atoms with Crippen LogP contribution in [-0.4, -0.2) is 30.0 Å². The Morgan fingerprint density at radius 2 is 1.89 bits per heavy atom. The number of amides is 2. The van der Waals surface area contributed by atoms with Gasteiger partial charge in [-0.3, -0.25) is 14.9 Å². The average Bonchev–Trinajstić information content (AvgIpc) is 2.36. The maximum atomic E-state index is 11.4. The van der Waals surface area contributed by atoms with Crippen LogP contribution in [-0.2, 0) is 9.59 Å². The number of hydrogen-bond donors (Lipinski definition) is 2. The predicted octanol–water partition coefficient (Wildman–Crippen LogP) is 0.593. The summed E-state index contributed by atoms with van der Waals surface area (Å²) in [6.07, 6.45) is 0.00615. The number of carbonyl (C=O) groups excluding carboxylic acids is 2. The zero-order valence-corrected chi connectivity index (χ0v) is 10.2. The van der Waals surface area contributed by atoms with Crippen LogP contribution in [0.5, 0.6) is 0 Å².